The number of nitrogens with one attached hydrogen (secondary N) is 1. The number of amidine groups is 1. The quantitative estimate of drug-likeness (QED) is 0.745. The first-order chi connectivity index (χ1) is 7.45. The fraction of sp³-hybridized carbons (Fsp3) is 0.462. The zero-order valence-corrected chi connectivity index (χ0v) is 9.08. The third-order valence-corrected chi connectivity index (χ3v) is 2.69. The summed E-state index contributed by atoms with van der Waals surface area (Å²) < 4.78 is 0. The first-order valence-corrected chi connectivity index (χ1v) is 5.76. The van der Waals surface area contributed by atoms with Crippen molar-refractivity contribution in [3.05, 3.63) is 35.9 Å². The number of aliphatic imine (C=N–C) groups is 1. The molecule has 0 radical (unpaired) electrons. The predicted octanol–water partition coefficient (Wildman–Crippen LogP) is 2.40. The minimum absolute atomic E-state index is 1.01. The first-order valence-electron chi connectivity index (χ1n) is 5.76. The molecule has 0 saturated carbocycles. The Labute approximate surface area is 91.4 Å². The maximum absolute atomic E-state index is 4.39. The van der Waals surface area contributed by atoms with Crippen LogP contribution >= 0.6 is 0 Å². The van der Waals surface area contributed by atoms with Gasteiger partial charge in [-0.3, -0.25) is 4.99 Å². The second kappa shape index (κ2) is 5.54. The highest BCUT2D eigenvalue weighted by molar-refractivity contribution is 5.83. The molecule has 1 aliphatic rings. The van der Waals surface area contributed by atoms with Crippen molar-refractivity contribution in [1.82, 2.24) is 5.32 Å². The molecule has 0 atom stereocenters. The fourth-order valence-electron chi connectivity index (χ4n) is 1.85. The molecule has 2 nitrogen and oxygen atoms in total. The summed E-state index contributed by atoms with van der Waals surface area (Å²) in [6.07, 6.45) is 4.70. The maximum atomic E-state index is 4.39. The number of benzene rings is 1. The normalized spacial score (nSPS) is 15.1. The van der Waals surface area contributed by atoms with E-state index in [9.17, 15) is 0 Å². The van der Waals surface area contributed by atoms with Gasteiger partial charge >= 0.3 is 0 Å². The molecule has 1 aromatic carbocycles. The molecule has 0 bridgehead atoms. The zero-order chi connectivity index (χ0) is 10.3. The van der Waals surface area contributed by atoms with Crippen LogP contribution in [0.4, 0.5) is 0 Å². The van der Waals surface area contributed by atoms with Crippen molar-refractivity contribution in [2.45, 2.75) is 25.7 Å². The molecule has 1 heterocycles. The molecule has 0 amide bonds. The van der Waals surface area contributed by atoms with Crippen LogP contribution in [-0.4, -0.2) is 18.9 Å². The highest BCUT2D eigenvalue weighted by Gasteiger charge is 2.03. The van der Waals surface area contributed by atoms with E-state index in [1.54, 1.807) is 0 Å². The monoisotopic (exact) mass is 202 g/mol. The zero-order valence-electron chi connectivity index (χ0n) is 9.08. The Morgan fingerprint density at radius 3 is 2.80 bits per heavy atom. The maximum Gasteiger partial charge on any atom is 0.0963 e. The molecular weight excluding hydrogens is 184 g/mol. The van der Waals surface area contributed by atoms with E-state index in [0.29, 0.717) is 0 Å². The molecule has 2 rings (SSSR count). The minimum atomic E-state index is 1.01. The molecule has 0 aromatic heterocycles. The molecule has 0 aliphatic carbocycles. The van der Waals surface area contributed by atoms with Crippen LogP contribution in [0.2, 0.25) is 0 Å². The van der Waals surface area contributed by atoms with Crippen LogP contribution < -0.4 is 5.32 Å². The summed E-state index contributed by atoms with van der Waals surface area (Å²) in [4.78, 5) is 4.39. The SMILES string of the molecule is c1ccc(CCCNC2=NCCC2)cc1. The standard InChI is InChI=1S/C13H18N2/c1-2-6-12(7-3-1)8-4-10-14-13-9-5-11-15-13/h1-3,6-7H,4-5,8-11H2,(H,14,15). The Balaban J connectivity index is 1.63. The Bertz CT molecular complexity index is 317. The number of nitrogens with zero attached hydrogens (tertiary/aromatic N) is 1. The van der Waals surface area contributed by atoms with E-state index in [1.807, 2.05) is 0 Å². The molecule has 1 aromatic rings. The summed E-state index contributed by atoms with van der Waals surface area (Å²) in [6.45, 7) is 2.06. The molecule has 2 heteroatoms. The molecule has 0 fully saturated rings. The van der Waals surface area contributed by atoms with Gasteiger partial charge in [0, 0.05) is 19.5 Å². The molecule has 15 heavy (non-hydrogen) atoms. The lowest BCUT2D eigenvalue weighted by molar-refractivity contribution is 0.767. The molecular formula is C13H18N2. The second-order valence-electron chi connectivity index (χ2n) is 3.95. The van der Waals surface area contributed by atoms with E-state index in [4.69, 9.17) is 0 Å². The topological polar surface area (TPSA) is 24.4 Å². The van der Waals surface area contributed by atoms with Crippen LogP contribution in [0.1, 0.15) is 24.8 Å². The van der Waals surface area contributed by atoms with Crippen LogP contribution in [0.3, 0.4) is 0 Å². The Morgan fingerprint density at radius 1 is 1.20 bits per heavy atom. The lowest BCUT2D eigenvalue weighted by Crippen LogP contribution is -2.22. The first kappa shape index (κ1) is 10.2. The van der Waals surface area contributed by atoms with Gasteiger partial charge in [0.15, 0.2) is 0 Å². The summed E-state index contributed by atoms with van der Waals surface area (Å²) in [5.41, 5.74) is 1.42. The number of aryl methyl sites for hydroxylation is 1. The Hall–Kier alpha value is -1.31. The van der Waals surface area contributed by atoms with Crippen LogP contribution in [0.5, 0.6) is 0 Å². The summed E-state index contributed by atoms with van der Waals surface area (Å²) in [5, 5.41) is 3.40. The van der Waals surface area contributed by atoms with Crippen molar-refractivity contribution >= 4 is 5.84 Å². The Morgan fingerprint density at radius 2 is 2.07 bits per heavy atom. The summed E-state index contributed by atoms with van der Waals surface area (Å²) in [5.74, 6) is 1.21. The van der Waals surface area contributed by atoms with Gasteiger partial charge < -0.3 is 5.32 Å². The average Bonchev–Trinajstić information content (AvgIpc) is 2.79. The second-order valence-corrected chi connectivity index (χ2v) is 3.95. The lowest BCUT2D eigenvalue weighted by Gasteiger charge is -2.05. The minimum Gasteiger partial charge on any atom is -0.374 e. The van der Waals surface area contributed by atoms with Gasteiger partial charge in [0.2, 0.25) is 0 Å². The van der Waals surface area contributed by atoms with E-state index >= 15 is 0 Å². The fourth-order valence-corrected chi connectivity index (χ4v) is 1.85. The summed E-state index contributed by atoms with van der Waals surface area (Å²) >= 11 is 0. The van der Waals surface area contributed by atoms with Crippen molar-refractivity contribution in [2.75, 3.05) is 13.1 Å². The van der Waals surface area contributed by atoms with Gasteiger partial charge in [-0.25, -0.2) is 0 Å². The number of hydrogen-bond donors (Lipinski definition) is 1. The van der Waals surface area contributed by atoms with Crippen molar-refractivity contribution in [3.63, 3.8) is 0 Å². The third-order valence-electron chi connectivity index (χ3n) is 2.69. The van der Waals surface area contributed by atoms with Crippen LogP contribution in [0.15, 0.2) is 35.3 Å². The molecule has 0 spiro atoms. The van der Waals surface area contributed by atoms with Crippen LogP contribution in [0.25, 0.3) is 0 Å². The summed E-state index contributed by atoms with van der Waals surface area (Å²) in [6, 6.07) is 10.6. The predicted molar refractivity (Wildman–Crippen MR) is 64.3 cm³/mol. The van der Waals surface area contributed by atoms with Crippen LogP contribution in [-0.2, 0) is 6.42 Å². The smallest absolute Gasteiger partial charge is 0.0963 e. The highest BCUT2D eigenvalue weighted by atomic mass is 15.0. The van der Waals surface area contributed by atoms with Gasteiger partial charge in [-0.1, -0.05) is 30.3 Å². The average molecular weight is 202 g/mol. The van der Waals surface area contributed by atoms with E-state index in [0.717, 1.165) is 25.9 Å². The lowest BCUT2D eigenvalue weighted by atomic mass is 10.1. The van der Waals surface area contributed by atoms with Gasteiger partial charge in [-0.15, -0.1) is 0 Å². The van der Waals surface area contributed by atoms with Gasteiger partial charge in [0.25, 0.3) is 0 Å². The Kier molecular flexibility index (Phi) is 3.77. The van der Waals surface area contributed by atoms with Crippen molar-refractivity contribution in [2.24, 2.45) is 4.99 Å². The van der Waals surface area contributed by atoms with E-state index in [1.165, 1.54) is 24.2 Å². The molecule has 1 aliphatic heterocycles. The van der Waals surface area contributed by atoms with Crippen molar-refractivity contribution < 1.29 is 0 Å². The largest absolute Gasteiger partial charge is 0.374 e. The van der Waals surface area contributed by atoms with Crippen molar-refractivity contribution in [3.8, 4) is 0 Å². The van der Waals surface area contributed by atoms with E-state index < -0.39 is 0 Å². The molecule has 1 N–H and O–H groups in total. The van der Waals surface area contributed by atoms with Crippen LogP contribution in [0, 0.1) is 0 Å². The number of rotatable bonds is 4. The highest BCUT2D eigenvalue weighted by Crippen LogP contribution is 2.03. The molecule has 0 unspecified atom stereocenters. The third kappa shape index (κ3) is 3.39. The number of hydrogen-bond acceptors (Lipinski definition) is 2. The van der Waals surface area contributed by atoms with Gasteiger partial charge in [-0.2, -0.15) is 0 Å². The van der Waals surface area contributed by atoms with Gasteiger partial charge in [0.05, 0.1) is 5.84 Å². The van der Waals surface area contributed by atoms with Gasteiger partial charge in [-0.05, 0) is 24.8 Å². The molecule has 0 saturated heterocycles. The molecule has 80 valence electrons. The van der Waals surface area contributed by atoms with Gasteiger partial charge in [0.1, 0.15) is 0 Å². The van der Waals surface area contributed by atoms with E-state index in [-0.39, 0.29) is 0 Å². The van der Waals surface area contributed by atoms with Crippen molar-refractivity contribution in [1.29, 1.82) is 0 Å². The summed E-state index contributed by atoms with van der Waals surface area (Å²) in [7, 11) is 0. The van der Waals surface area contributed by atoms with E-state index in [2.05, 4.69) is 40.6 Å².